The molecular weight excluding hydrogens is 208 g/mol. The van der Waals surface area contributed by atoms with Crippen LogP contribution in [0, 0.1) is 0 Å². The first-order valence-electron chi connectivity index (χ1n) is 5.84. The highest BCUT2D eigenvalue weighted by Crippen LogP contribution is 2.14. The molecule has 1 N–H and O–H groups in total. The minimum Gasteiger partial charge on any atom is -0.368 e. The summed E-state index contributed by atoms with van der Waals surface area (Å²) < 4.78 is 5.31. The van der Waals surface area contributed by atoms with Crippen LogP contribution >= 0.6 is 0 Å². The van der Waals surface area contributed by atoms with E-state index in [4.69, 9.17) is 4.74 Å². The summed E-state index contributed by atoms with van der Waals surface area (Å²) in [7, 11) is 0. The summed E-state index contributed by atoms with van der Waals surface area (Å²) in [6.07, 6.45) is 2.35. The summed E-state index contributed by atoms with van der Waals surface area (Å²) in [6.45, 7) is 3.62. The molecule has 5 nitrogen and oxygen atoms in total. The van der Waals surface area contributed by atoms with E-state index in [0.29, 0.717) is 13.2 Å². The molecule has 2 aliphatic heterocycles. The summed E-state index contributed by atoms with van der Waals surface area (Å²) >= 11 is 0. The molecule has 2 heterocycles. The minimum absolute atomic E-state index is 0.0205. The Kier molecular flexibility index (Phi) is 3.43. The molecule has 2 fully saturated rings. The minimum atomic E-state index is -0.272. The second-order valence-corrected chi connectivity index (χ2v) is 4.46. The molecule has 0 bridgehead atoms. The molecule has 2 aliphatic rings. The molecule has 0 saturated carbocycles. The van der Waals surface area contributed by atoms with Gasteiger partial charge in [-0.15, -0.1) is 0 Å². The molecule has 2 saturated heterocycles. The van der Waals surface area contributed by atoms with Crippen LogP contribution in [0.15, 0.2) is 0 Å². The molecule has 16 heavy (non-hydrogen) atoms. The number of carbonyl (C=O) groups excluding carboxylic acids is 2. The molecule has 5 heteroatoms. The van der Waals surface area contributed by atoms with Gasteiger partial charge in [0.2, 0.25) is 11.8 Å². The quantitative estimate of drug-likeness (QED) is 0.715. The van der Waals surface area contributed by atoms with E-state index >= 15 is 0 Å². The van der Waals surface area contributed by atoms with Crippen molar-refractivity contribution < 1.29 is 14.3 Å². The zero-order chi connectivity index (χ0) is 11.5. The summed E-state index contributed by atoms with van der Waals surface area (Å²) in [5, 5.41) is 2.95. The van der Waals surface area contributed by atoms with E-state index in [2.05, 4.69) is 5.32 Å². The predicted molar refractivity (Wildman–Crippen MR) is 57.8 cm³/mol. The number of amides is 2. The fourth-order valence-electron chi connectivity index (χ4n) is 2.24. The molecule has 0 aromatic heterocycles. The number of likely N-dealkylation sites (tertiary alicyclic amines) is 1. The molecule has 2 rings (SSSR count). The second kappa shape index (κ2) is 4.82. The number of hydrogen-bond donors (Lipinski definition) is 1. The van der Waals surface area contributed by atoms with Crippen LogP contribution in [0.5, 0.6) is 0 Å². The van der Waals surface area contributed by atoms with Crippen molar-refractivity contribution in [3.63, 3.8) is 0 Å². The van der Waals surface area contributed by atoms with Crippen molar-refractivity contribution in [1.82, 2.24) is 10.2 Å². The number of hydrogen-bond acceptors (Lipinski definition) is 3. The van der Waals surface area contributed by atoms with Crippen LogP contribution in [-0.2, 0) is 14.3 Å². The molecule has 0 aromatic rings. The summed E-state index contributed by atoms with van der Waals surface area (Å²) in [6, 6.07) is 0.0978. The van der Waals surface area contributed by atoms with E-state index in [1.807, 2.05) is 0 Å². The highest BCUT2D eigenvalue weighted by Gasteiger charge is 2.29. The van der Waals surface area contributed by atoms with Crippen LogP contribution in [0.3, 0.4) is 0 Å². The van der Waals surface area contributed by atoms with Gasteiger partial charge in [0.1, 0.15) is 6.10 Å². The maximum Gasteiger partial charge on any atom is 0.249 e. The monoisotopic (exact) mass is 226 g/mol. The van der Waals surface area contributed by atoms with Crippen molar-refractivity contribution in [2.24, 2.45) is 0 Å². The molecule has 0 aliphatic carbocycles. The zero-order valence-corrected chi connectivity index (χ0v) is 9.57. The van der Waals surface area contributed by atoms with Crippen LogP contribution in [0.25, 0.3) is 0 Å². The maximum atomic E-state index is 11.7. The Bertz CT molecular complexity index is 287. The number of carbonyl (C=O) groups is 2. The number of rotatable bonds is 2. The second-order valence-electron chi connectivity index (χ2n) is 4.46. The Morgan fingerprint density at radius 3 is 2.75 bits per heavy atom. The summed E-state index contributed by atoms with van der Waals surface area (Å²) in [5.41, 5.74) is 0. The third-order valence-corrected chi connectivity index (χ3v) is 3.20. The van der Waals surface area contributed by atoms with E-state index < -0.39 is 0 Å². The summed E-state index contributed by atoms with van der Waals surface area (Å²) in [4.78, 5) is 24.6. The van der Waals surface area contributed by atoms with Gasteiger partial charge in [-0.25, -0.2) is 0 Å². The Morgan fingerprint density at radius 1 is 1.38 bits per heavy atom. The SMILES string of the molecule is CC(=O)N1CCC(NC(=O)C2CCCO2)C1. The van der Waals surface area contributed by atoms with E-state index in [1.54, 1.807) is 11.8 Å². The summed E-state index contributed by atoms with van der Waals surface area (Å²) in [5.74, 6) is 0.0572. The Labute approximate surface area is 95.1 Å². The van der Waals surface area contributed by atoms with Crippen molar-refractivity contribution in [2.75, 3.05) is 19.7 Å². The number of nitrogens with one attached hydrogen (secondary N) is 1. The average molecular weight is 226 g/mol. The smallest absolute Gasteiger partial charge is 0.249 e. The molecule has 0 radical (unpaired) electrons. The van der Waals surface area contributed by atoms with Crippen LogP contribution in [0.4, 0.5) is 0 Å². The molecule has 0 spiro atoms. The lowest BCUT2D eigenvalue weighted by molar-refractivity contribution is -0.131. The van der Waals surface area contributed by atoms with E-state index in [0.717, 1.165) is 25.8 Å². The third-order valence-electron chi connectivity index (χ3n) is 3.20. The molecule has 90 valence electrons. The van der Waals surface area contributed by atoms with Gasteiger partial charge < -0.3 is 15.0 Å². The molecule has 2 unspecified atom stereocenters. The van der Waals surface area contributed by atoms with Crippen molar-refractivity contribution in [3.8, 4) is 0 Å². The zero-order valence-electron chi connectivity index (χ0n) is 9.57. The lowest BCUT2D eigenvalue weighted by Crippen LogP contribution is -2.42. The van der Waals surface area contributed by atoms with Crippen molar-refractivity contribution >= 4 is 11.8 Å². The van der Waals surface area contributed by atoms with Gasteiger partial charge in [0.25, 0.3) is 0 Å². The van der Waals surface area contributed by atoms with Crippen LogP contribution < -0.4 is 5.32 Å². The van der Waals surface area contributed by atoms with Gasteiger partial charge in [0, 0.05) is 32.7 Å². The van der Waals surface area contributed by atoms with Crippen LogP contribution in [0.1, 0.15) is 26.2 Å². The topological polar surface area (TPSA) is 58.6 Å². The van der Waals surface area contributed by atoms with Crippen LogP contribution in [0.2, 0.25) is 0 Å². The standard InChI is InChI=1S/C11H18N2O3/c1-8(14)13-5-4-9(7-13)12-11(15)10-3-2-6-16-10/h9-10H,2-7H2,1H3,(H,12,15). The Hall–Kier alpha value is -1.10. The molecular formula is C11H18N2O3. The maximum absolute atomic E-state index is 11.7. The van der Waals surface area contributed by atoms with Gasteiger partial charge in [-0.2, -0.15) is 0 Å². The third kappa shape index (κ3) is 2.52. The fraction of sp³-hybridized carbons (Fsp3) is 0.818. The van der Waals surface area contributed by atoms with Gasteiger partial charge >= 0.3 is 0 Å². The lowest BCUT2D eigenvalue weighted by atomic mass is 10.2. The Morgan fingerprint density at radius 2 is 2.19 bits per heavy atom. The lowest BCUT2D eigenvalue weighted by Gasteiger charge is -2.17. The van der Waals surface area contributed by atoms with Gasteiger partial charge in [-0.1, -0.05) is 0 Å². The number of ether oxygens (including phenoxy) is 1. The van der Waals surface area contributed by atoms with E-state index in [1.165, 1.54) is 0 Å². The highest BCUT2D eigenvalue weighted by molar-refractivity contribution is 5.81. The van der Waals surface area contributed by atoms with Crippen molar-refractivity contribution in [3.05, 3.63) is 0 Å². The van der Waals surface area contributed by atoms with Crippen molar-refractivity contribution in [1.29, 1.82) is 0 Å². The van der Waals surface area contributed by atoms with E-state index in [-0.39, 0.29) is 24.0 Å². The van der Waals surface area contributed by atoms with Gasteiger partial charge in [0.05, 0.1) is 0 Å². The van der Waals surface area contributed by atoms with Gasteiger partial charge in [0.15, 0.2) is 0 Å². The first kappa shape index (κ1) is 11.4. The molecule has 0 aromatic carbocycles. The Balaban J connectivity index is 1.78. The van der Waals surface area contributed by atoms with Crippen molar-refractivity contribution in [2.45, 2.75) is 38.3 Å². The first-order chi connectivity index (χ1) is 7.66. The fourth-order valence-corrected chi connectivity index (χ4v) is 2.24. The van der Waals surface area contributed by atoms with Gasteiger partial charge in [-0.05, 0) is 19.3 Å². The number of nitrogens with zero attached hydrogens (tertiary/aromatic N) is 1. The largest absolute Gasteiger partial charge is 0.368 e. The average Bonchev–Trinajstić information content (AvgIpc) is 2.87. The van der Waals surface area contributed by atoms with Gasteiger partial charge in [-0.3, -0.25) is 9.59 Å². The van der Waals surface area contributed by atoms with E-state index in [9.17, 15) is 9.59 Å². The first-order valence-corrected chi connectivity index (χ1v) is 5.84. The normalized spacial score (nSPS) is 29.4. The molecule has 2 amide bonds. The van der Waals surface area contributed by atoms with Crippen LogP contribution in [-0.4, -0.2) is 48.6 Å². The highest BCUT2D eigenvalue weighted by atomic mass is 16.5. The predicted octanol–water partition coefficient (Wildman–Crippen LogP) is -0.0976. The molecule has 2 atom stereocenters.